The summed E-state index contributed by atoms with van der Waals surface area (Å²) in [6, 6.07) is 0. The molecule has 1 atom stereocenters. The summed E-state index contributed by atoms with van der Waals surface area (Å²) in [6.45, 7) is 97.6. The molecule has 9 N–H and O–H groups in total. The zero-order valence-corrected chi connectivity index (χ0v) is 103. The summed E-state index contributed by atoms with van der Waals surface area (Å²) in [4.78, 5) is 82.9. The van der Waals surface area contributed by atoms with Gasteiger partial charge in [-0.05, 0) is 499 Å². The summed E-state index contributed by atoms with van der Waals surface area (Å²) in [6.07, 6.45) is 37.5. The number of halogens is 1. The van der Waals surface area contributed by atoms with Gasteiger partial charge in [0, 0.05) is 168 Å². The molecule has 0 aromatic heterocycles. The van der Waals surface area contributed by atoms with Crippen molar-refractivity contribution in [2.75, 3.05) is 216 Å². The number of carbonyl (C=O) groups excluding carboxylic acids is 6. The van der Waals surface area contributed by atoms with E-state index in [9.17, 15) is 41.6 Å². The highest BCUT2D eigenvalue weighted by Crippen LogP contribution is 2.30. The van der Waals surface area contributed by atoms with Gasteiger partial charge in [0.1, 0.15) is 6.67 Å². The predicted octanol–water partition coefficient (Wildman–Crippen LogP) is 18.8. The van der Waals surface area contributed by atoms with Crippen molar-refractivity contribution in [1.29, 1.82) is 0 Å². The first kappa shape index (κ1) is 142. The van der Waals surface area contributed by atoms with Crippen LogP contribution in [0.2, 0.25) is 0 Å². The number of methoxy groups -OCH3 is 1. The van der Waals surface area contributed by atoms with Gasteiger partial charge in [-0.2, -0.15) is 0 Å². The molecule has 0 aliphatic carbocycles. The zero-order valence-electron chi connectivity index (χ0n) is 103. The van der Waals surface area contributed by atoms with Crippen LogP contribution in [-0.2, 0) is 43.5 Å². The molecule has 30 heteroatoms. The van der Waals surface area contributed by atoms with Gasteiger partial charge in [0.25, 0.3) is 0 Å². The Labute approximate surface area is 910 Å². The minimum Gasteiger partial charge on any atom is -0.453 e. The van der Waals surface area contributed by atoms with E-state index in [1.54, 1.807) is 23.1 Å². The Morgan fingerprint density at radius 3 is 0.845 bits per heavy atom. The van der Waals surface area contributed by atoms with E-state index in [-0.39, 0.29) is 86.5 Å². The van der Waals surface area contributed by atoms with Crippen molar-refractivity contribution < 1.29 is 51.0 Å². The Morgan fingerprint density at radius 1 is 0.351 bits per heavy atom. The Hall–Kier alpha value is -4.02. The normalized spacial score (nSPS) is 19.6. The smallest absolute Gasteiger partial charge is 0.409 e. The molecule has 0 aromatic carbocycles. The lowest BCUT2D eigenvalue weighted by Crippen LogP contribution is -2.51. The van der Waals surface area contributed by atoms with Gasteiger partial charge < -0.3 is 96.5 Å². The van der Waals surface area contributed by atoms with Crippen LogP contribution in [0.25, 0.3) is 0 Å². The SMILES string of the molecule is CC(=O)N1CCC(CCCNC(C)(C)C)CC1.CC(=O)N1CCC(CCNC(C)(C)C)CC1.CC(C)(C)NCCC1CCN(C=O)CC1.CC(C)(C)NCCC1CCN(S(C)(=O)=O)CC1.CC(C)(C)NCCCC1CCN(C=O)CC1.CC(C)(C)NCCCC1CCN(CCF)CC1.CC(C)C(=O)N1CCC(CCNC(C)(C)C)CC1.CCN1CCC(CCCNC(C)(C)C)CC1.COC(=O)N1CCOC(CNC(C)(C)C)C1. The largest absolute Gasteiger partial charge is 0.453 e. The van der Waals surface area contributed by atoms with Crippen molar-refractivity contribution in [3.63, 3.8) is 0 Å². The number of carbonyl (C=O) groups is 6. The molecule has 0 bridgehead atoms. The van der Waals surface area contributed by atoms with Gasteiger partial charge in [0.2, 0.25) is 40.6 Å². The van der Waals surface area contributed by atoms with E-state index in [4.69, 9.17) is 9.47 Å². The number of sulfonamides is 1. The summed E-state index contributed by atoms with van der Waals surface area (Å²) < 4.78 is 46.8. The maximum Gasteiger partial charge on any atom is 0.409 e. The summed E-state index contributed by atoms with van der Waals surface area (Å²) >= 11 is 0. The molecule has 9 aliphatic heterocycles. The summed E-state index contributed by atoms with van der Waals surface area (Å²) in [5.41, 5.74) is 1.90. The first-order valence-electron chi connectivity index (χ1n) is 59.0. The second-order valence-electron chi connectivity index (χ2n) is 54.1. The van der Waals surface area contributed by atoms with Crippen molar-refractivity contribution in [2.24, 2.45) is 53.3 Å². The number of morpholine rings is 1. The minimum absolute atomic E-state index is 0.0482. The highest BCUT2D eigenvalue weighted by atomic mass is 32.2. The molecule has 0 aromatic rings. The summed E-state index contributed by atoms with van der Waals surface area (Å²) in [5, 5.41) is 31.6. The average molecular weight is 2120 g/mol. The Bertz CT molecular complexity index is 3480. The molecular formula is C118H241FN18O10S. The molecule has 9 aliphatic rings. The first-order chi connectivity index (χ1) is 68.7. The number of ether oxygens (including phenoxy) is 2. The topological polar surface area (TPSA) is 292 Å². The summed E-state index contributed by atoms with van der Waals surface area (Å²) in [5.74, 6) is 7.50. The third kappa shape index (κ3) is 79.0. The van der Waals surface area contributed by atoms with Gasteiger partial charge >= 0.3 is 6.09 Å². The van der Waals surface area contributed by atoms with E-state index in [2.05, 4.69) is 252 Å². The van der Waals surface area contributed by atoms with Crippen LogP contribution in [-0.4, -0.2) is 361 Å². The Balaban J connectivity index is 0.000000833. The van der Waals surface area contributed by atoms with Crippen LogP contribution in [0.15, 0.2) is 0 Å². The number of rotatable bonds is 37. The highest BCUT2D eigenvalue weighted by Gasteiger charge is 2.32. The molecule has 6 amide bonds. The van der Waals surface area contributed by atoms with Gasteiger partial charge in [-0.15, -0.1) is 0 Å². The number of nitrogens with one attached hydrogen (secondary N) is 9. The van der Waals surface area contributed by atoms with E-state index in [0.29, 0.717) is 51.2 Å². The zero-order chi connectivity index (χ0) is 112. The fourth-order valence-electron chi connectivity index (χ4n) is 19.9. The molecule has 9 fully saturated rings. The molecule has 0 radical (unpaired) electrons. The predicted molar refractivity (Wildman–Crippen MR) is 623 cm³/mol. The second kappa shape index (κ2) is 74.3. The van der Waals surface area contributed by atoms with Crippen molar-refractivity contribution in [3.8, 4) is 0 Å². The highest BCUT2D eigenvalue weighted by molar-refractivity contribution is 7.88. The van der Waals surface area contributed by atoms with E-state index in [0.717, 1.165) is 204 Å². The molecule has 28 nitrogen and oxygen atoms in total. The van der Waals surface area contributed by atoms with Crippen LogP contribution >= 0.6 is 0 Å². The molecule has 9 heterocycles. The summed E-state index contributed by atoms with van der Waals surface area (Å²) in [7, 11) is -1.57. The number of likely N-dealkylation sites (tertiary alicyclic amines) is 7. The second-order valence-corrected chi connectivity index (χ2v) is 56.1. The molecule has 148 heavy (non-hydrogen) atoms. The van der Waals surface area contributed by atoms with Gasteiger partial charge in [0.15, 0.2) is 0 Å². The Morgan fingerprint density at radius 2 is 0.601 bits per heavy atom. The third-order valence-corrected chi connectivity index (χ3v) is 30.8. The fourth-order valence-corrected chi connectivity index (χ4v) is 20.8. The van der Waals surface area contributed by atoms with Gasteiger partial charge in [-0.25, -0.2) is 21.9 Å². The Kier molecular flexibility index (Phi) is 71.3. The maximum absolute atomic E-state index is 12.2. The van der Waals surface area contributed by atoms with Crippen LogP contribution in [0.3, 0.4) is 0 Å². The number of alkyl halides is 1. The minimum atomic E-state index is -2.98. The lowest BCUT2D eigenvalue weighted by Gasteiger charge is -2.33. The van der Waals surface area contributed by atoms with Crippen LogP contribution in [0.1, 0.15) is 401 Å². The van der Waals surface area contributed by atoms with Crippen molar-refractivity contribution in [1.82, 2.24) is 91.4 Å². The van der Waals surface area contributed by atoms with Crippen molar-refractivity contribution in [2.45, 2.75) is 457 Å². The van der Waals surface area contributed by atoms with Crippen LogP contribution in [0.4, 0.5) is 9.18 Å². The lowest BCUT2D eigenvalue weighted by molar-refractivity contribution is -0.136. The quantitative estimate of drug-likeness (QED) is 0.0206. The van der Waals surface area contributed by atoms with Crippen LogP contribution in [0, 0.1) is 53.3 Å². The molecule has 876 valence electrons. The van der Waals surface area contributed by atoms with Crippen LogP contribution < -0.4 is 47.9 Å². The fraction of sp³-hybridized carbons (Fsp3) is 0.949. The number of amides is 6. The monoisotopic (exact) mass is 2120 g/mol. The number of hydrogen-bond acceptors (Lipinski definition) is 21. The molecule has 9 rings (SSSR count). The molecular weight excluding hydrogens is 1880 g/mol. The van der Waals surface area contributed by atoms with E-state index < -0.39 is 10.0 Å². The first-order valence-corrected chi connectivity index (χ1v) is 60.9. The van der Waals surface area contributed by atoms with Crippen molar-refractivity contribution >= 4 is 46.7 Å². The van der Waals surface area contributed by atoms with Gasteiger partial charge in [-0.1, -0.05) is 20.8 Å². The van der Waals surface area contributed by atoms with Gasteiger partial charge in [0.05, 0.1) is 32.6 Å². The molecule has 0 saturated carbocycles. The van der Waals surface area contributed by atoms with Crippen LogP contribution in [0.5, 0.6) is 0 Å². The standard InChI is InChI=1S/C15H30N2O.C14H29FN2.C14H28N2O.C14H30N2.2C13H26N2O.C12H26N2O2S.C12H24N2O.C11H22N2O3/c1-12(2)14(18)17-10-7-13(8-11-17)6-9-16-15(3,4)5;1-14(2,3)16-9-4-5-13-6-10-17(11-7-13)12-8-15;1-12(17)16-10-7-13(8-11-16)6-5-9-15-14(2,3)4;1-5-16-11-8-13(9-12-16)7-6-10-15-14(2,3)4;1-11(16)15-9-6-12(7-10-15)5-8-14-13(2,3)4;1-13(2,3)14-8-4-5-12-6-9-15(11-16)10-7-12;1-12(2,3)13-8-5-11-6-9-14(10-7-11)17(4,15)16;1-12(2,3)13-7-4-11-5-8-14(10-15)9-6-11;1-11(2,3)12-7-9-8-13(5-6-16-9)10(14)15-4/h12-13,16H,6-11H2,1-5H3;13,16H,4-12H2,1-3H3;13,15H,5-11H2,1-4H3;13,15H,5-12H2,1-4H3;12,14H,5-10H2,1-4H3;11-12,14H,4-10H2,1-3H3;11,13H,5-10H2,1-4H3;10-11,13H,4-9H2,1-3H3;9,12H,5-8H2,1-4H3. The average Bonchev–Trinajstić information content (AvgIpc) is 0.855. The third-order valence-electron chi connectivity index (χ3n) is 29.5. The maximum atomic E-state index is 12.2. The molecule has 9 saturated heterocycles. The molecule has 1 unspecified atom stereocenters. The number of nitrogens with zero attached hydrogens (tertiary/aromatic N) is 9. The molecule has 0 spiro atoms. The van der Waals surface area contributed by atoms with Crippen molar-refractivity contribution in [3.05, 3.63) is 0 Å². The van der Waals surface area contributed by atoms with E-state index >= 15 is 0 Å². The van der Waals surface area contributed by atoms with Gasteiger partial charge in [-0.3, -0.25) is 24.0 Å². The van der Waals surface area contributed by atoms with E-state index in [1.807, 2.05) is 38.3 Å². The number of hydrogen-bond donors (Lipinski definition) is 9. The van der Waals surface area contributed by atoms with E-state index in [1.165, 1.54) is 200 Å². The number of piperidine rings is 8. The lowest BCUT2D eigenvalue weighted by atomic mass is 9.92.